The van der Waals surface area contributed by atoms with E-state index in [1.165, 1.54) is 6.20 Å². The molecule has 0 bridgehead atoms. The van der Waals surface area contributed by atoms with Crippen LogP contribution >= 0.6 is 0 Å². The molecular formula is C40H48N8O8. The van der Waals surface area contributed by atoms with Crippen LogP contribution in [0.5, 0.6) is 11.5 Å². The van der Waals surface area contributed by atoms with Crippen LogP contribution < -0.4 is 30.7 Å². The maximum atomic E-state index is 12.7. The second-order valence-corrected chi connectivity index (χ2v) is 13.9. The summed E-state index contributed by atoms with van der Waals surface area (Å²) in [5, 5.41) is 46.9. The largest absolute Gasteiger partial charge is 0.497 e. The Hall–Kier alpha value is -5.73. The standard InChI is InChI=1S/C40H48N8O8/c1-48-16-13-29(47-48)12-15-43-40(52)56-38-34(46-23-36(38)50)18-26-5-9-32(10-6-26)54-24-30-19-27(28(20-41)21-44-30)11-14-42-39(51)55-37-33(45-22-35(37)49)17-25-3-7-31(53-2)8-4-25/h3-10,13,16,19,21,33-38,45-46,49-50H,11-12,14-15,17-18,22-24H2,1-2H3,(H,42,51)(H,43,52)/t33-,34-,35+,36+,37+,38+/m1/s1. The van der Waals surface area contributed by atoms with Crippen LogP contribution in [0, 0.1) is 11.3 Å². The van der Waals surface area contributed by atoms with Crippen LogP contribution in [0.2, 0.25) is 0 Å². The first-order chi connectivity index (χ1) is 27.2. The lowest BCUT2D eigenvalue weighted by molar-refractivity contribution is 0.0190. The lowest BCUT2D eigenvalue weighted by atomic mass is 10.0. The average Bonchev–Trinajstić information content (AvgIpc) is 3.88. The molecule has 6 rings (SSSR count). The molecule has 6 N–H and O–H groups in total. The van der Waals surface area contributed by atoms with Crippen LogP contribution in [0.3, 0.4) is 0 Å². The Labute approximate surface area is 325 Å². The van der Waals surface area contributed by atoms with Gasteiger partial charge in [-0.1, -0.05) is 24.3 Å². The van der Waals surface area contributed by atoms with Gasteiger partial charge in [0.25, 0.3) is 0 Å². The molecule has 2 aromatic heterocycles. The predicted octanol–water partition coefficient (Wildman–Crippen LogP) is 1.70. The summed E-state index contributed by atoms with van der Waals surface area (Å²) in [4.78, 5) is 29.6. The Kier molecular flexibility index (Phi) is 13.7. The second kappa shape index (κ2) is 19.2. The number of nitrogens with one attached hydrogen (secondary N) is 4. The summed E-state index contributed by atoms with van der Waals surface area (Å²) in [6.07, 6.45) is 0.983. The van der Waals surface area contributed by atoms with E-state index in [1.54, 1.807) is 17.9 Å². The van der Waals surface area contributed by atoms with E-state index in [9.17, 15) is 25.1 Å². The van der Waals surface area contributed by atoms with Gasteiger partial charge in [-0.3, -0.25) is 9.67 Å². The molecule has 2 aliphatic rings. The number of carbonyl (C=O) groups is 2. The molecule has 4 aromatic rings. The maximum absolute atomic E-state index is 12.7. The van der Waals surface area contributed by atoms with Gasteiger partial charge in [0.1, 0.15) is 48.6 Å². The van der Waals surface area contributed by atoms with Crippen LogP contribution in [-0.2, 0) is 48.8 Å². The summed E-state index contributed by atoms with van der Waals surface area (Å²) in [5.41, 5.74) is 4.53. The van der Waals surface area contributed by atoms with Gasteiger partial charge < -0.3 is 50.4 Å². The number of amides is 2. The number of benzene rings is 2. The van der Waals surface area contributed by atoms with Gasteiger partial charge in [0.05, 0.1) is 36.1 Å². The maximum Gasteiger partial charge on any atom is 0.407 e. The number of hydrogen-bond donors (Lipinski definition) is 6. The number of carbonyl (C=O) groups excluding carboxylic acids is 2. The molecule has 56 heavy (non-hydrogen) atoms. The molecule has 0 aliphatic carbocycles. The van der Waals surface area contributed by atoms with Crippen molar-refractivity contribution in [3.05, 3.63) is 107 Å². The zero-order valence-corrected chi connectivity index (χ0v) is 31.4. The number of aryl methyl sites for hydroxylation is 1. The smallest absolute Gasteiger partial charge is 0.407 e. The monoisotopic (exact) mass is 768 g/mol. The molecule has 6 atom stereocenters. The van der Waals surface area contributed by atoms with Crippen molar-refractivity contribution in [3.8, 4) is 17.6 Å². The fourth-order valence-electron chi connectivity index (χ4n) is 6.84. The van der Waals surface area contributed by atoms with Gasteiger partial charge >= 0.3 is 12.2 Å². The Morgan fingerprint density at radius 2 is 1.43 bits per heavy atom. The molecule has 0 unspecified atom stereocenters. The van der Waals surface area contributed by atoms with Crippen molar-refractivity contribution in [2.75, 3.05) is 33.3 Å². The Morgan fingerprint density at radius 1 is 0.857 bits per heavy atom. The highest BCUT2D eigenvalue weighted by Gasteiger charge is 2.39. The lowest BCUT2D eigenvalue weighted by Crippen LogP contribution is -2.41. The summed E-state index contributed by atoms with van der Waals surface area (Å²) < 4.78 is 24.1. The van der Waals surface area contributed by atoms with E-state index in [2.05, 4.69) is 37.4 Å². The minimum atomic E-state index is -0.841. The van der Waals surface area contributed by atoms with Crippen molar-refractivity contribution in [2.24, 2.45) is 7.05 Å². The number of nitriles is 1. The summed E-state index contributed by atoms with van der Waals surface area (Å²) in [6, 6.07) is 20.4. The van der Waals surface area contributed by atoms with E-state index in [0.29, 0.717) is 67.9 Å². The van der Waals surface area contributed by atoms with Gasteiger partial charge in [-0.25, -0.2) is 9.59 Å². The van der Waals surface area contributed by atoms with Gasteiger partial charge in [0.15, 0.2) is 0 Å². The number of alkyl carbamates (subject to hydrolysis) is 2. The van der Waals surface area contributed by atoms with Crippen molar-refractivity contribution < 1.29 is 38.7 Å². The van der Waals surface area contributed by atoms with E-state index in [0.717, 1.165) is 22.6 Å². The van der Waals surface area contributed by atoms with E-state index >= 15 is 0 Å². The van der Waals surface area contributed by atoms with Crippen LogP contribution in [0.15, 0.2) is 73.1 Å². The molecule has 2 aromatic carbocycles. The number of aliphatic hydroxyl groups is 2. The summed E-state index contributed by atoms with van der Waals surface area (Å²) in [5.74, 6) is 1.36. The number of nitrogens with zero attached hydrogens (tertiary/aromatic N) is 4. The van der Waals surface area contributed by atoms with Crippen molar-refractivity contribution in [1.29, 1.82) is 5.26 Å². The first-order valence-corrected chi connectivity index (χ1v) is 18.6. The molecule has 296 valence electrons. The first kappa shape index (κ1) is 39.9. The Bertz CT molecular complexity index is 1950. The van der Waals surface area contributed by atoms with Gasteiger partial charge in [0.2, 0.25) is 0 Å². The third-order valence-electron chi connectivity index (χ3n) is 9.85. The molecule has 4 heterocycles. The average molecular weight is 769 g/mol. The van der Waals surface area contributed by atoms with Crippen LogP contribution in [0.4, 0.5) is 9.59 Å². The number of aromatic nitrogens is 3. The molecule has 0 radical (unpaired) electrons. The Balaban J connectivity index is 0.941. The number of ether oxygens (including phenoxy) is 4. The van der Waals surface area contributed by atoms with Crippen molar-refractivity contribution in [2.45, 2.75) is 68.8 Å². The van der Waals surface area contributed by atoms with Gasteiger partial charge in [-0.15, -0.1) is 0 Å². The molecule has 2 fully saturated rings. The van der Waals surface area contributed by atoms with Gasteiger partial charge in [-0.05, 0) is 72.4 Å². The number of β-amino-alcohol motifs (C(OH)–C–C–N with tert-alkyl or cyclic N) is 2. The van der Waals surface area contributed by atoms with Crippen LogP contribution in [-0.4, -0.2) is 107 Å². The van der Waals surface area contributed by atoms with E-state index in [4.69, 9.17) is 18.9 Å². The number of pyridine rings is 1. The number of hydrogen-bond acceptors (Lipinski definition) is 13. The Morgan fingerprint density at radius 3 is 1.96 bits per heavy atom. The minimum absolute atomic E-state index is 0.150. The molecule has 0 saturated carbocycles. The van der Waals surface area contributed by atoms with Crippen LogP contribution in [0.25, 0.3) is 0 Å². The third kappa shape index (κ3) is 10.9. The molecule has 2 amide bonds. The first-order valence-electron chi connectivity index (χ1n) is 18.6. The van der Waals surface area contributed by atoms with E-state index in [-0.39, 0.29) is 25.2 Å². The highest BCUT2D eigenvalue weighted by Crippen LogP contribution is 2.22. The van der Waals surface area contributed by atoms with E-state index in [1.807, 2.05) is 67.8 Å². The molecule has 0 spiro atoms. The fourth-order valence-corrected chi connectivity index (χ4v) is 6.84. The molecule has 2 aliphatic heterocycles. The number of methoxy groups -OCH3 is 1. The lowest BCUT2D eigenvalue weighted by Gasteiger charge is -2.22. The second-order valence-electron chi connectivity index (χ2n) is 13.9. The summed E-state index contributed by atoms with van der Waals surface area (Å²) >= 11 is 0. The normalized spacial score (nSPS) is 21.6. The molecule has 2 saturated heterocycles. The SMILES string of the molecule is COc1ccc(C[C@H]2NC[C@H](O)[C@H]2OC(=O)NCCc2cc(COc3ccc(C[C@H]4NC[C@H](O)[C@H]4OC(=O)NCCc4ccn(C)n4)cc3)ncc2C#N)cc1. The van der Waals surface area contributed by atoms with Crippen molar-refractivity contribution in [1.82, 2.24) is 36.0 Å². The third-order valence-corrected chi connectivity index (χ3v) is 9.85. The quantitative estimate of drug-likeness (QED) is 0.0959. The van der Waals surface area contributed by atoms with Crippen LogP contribution in [0.1, 0.15) is 33.6 Å². The van der Waals surface area contributed by atoms with Gasteiger partial charge in [-0.2, -0.15) is 10.4 Å². The molecular weight excluding hydrogens is 720 g/mol. The zero-order valence-electron chi connectivity index (χ0n) is 31.4. The number of aliphatic hydroxyl groups excluding tert-OH is 2. The van der Waals surface area contributed by atoms with Gasteiger partial charge in [0, 0.05) is 52.0 Å². The fraction of sp³-hybridized carbons (Fsp3) is 0.425. The highest BCUT2D eigenvalue weighted by atomic mass is 16.6. The highest BCUT2D eigenvalue weighted by molar-refractivity contribution is 5.68. The van der Waals surface area contributed by atoms with E-state index < -0.39 is 36.6 Å². The molecule has 16 heteroatoms. The predicted molar refractivity (Wildman–Crippen MR) is 203 cm³/mol. The summed E-state index contributed by atoms with van der Waals surface area (Å²) in [6.45, 7) is 1.34. The molecule has 16 nitrogen and oxygen atoms in total. The van der Waals surface area contributed by atoms with Crippen molar-refractivity contribution in [3.63, 3.8) is 0 Å². The topological polar surface area (TPSA) is 214 Å². The zero-order chi connectivity index (χ0) is 39.4. The van der Waals surface area contributed by atoms with Crippen molar-refractivity contribution >= 4 is 12.2 Å². The summed E-state index contributed by atoms with van der Waals surface area (Å²) in [7, 11) is 3.44. The number of rotatable bonds is 16. The minimum Gasteiger partial charge on any atom is -0.497 e.